The van der Waals surface area contributed by atoms with E-state index in [0.29, 0.717) is 5.56 Å². The third kappa shape index (κ3) is 5.96. The molecule has 0 fully saturated rings. The molecule has 9 rings (SSSR count). The standard InChI is InChI=1S/C47H33N5.Pt/c1-47(2,3)34-25-31(24-32(26-34)42-27-40(33(28-48)29-49-42)30-14-6-4-7-15-30)36-19-13-23-43-45(36)51-46(52(43)35-16-8-5-9-17-35)39-21-12-20-38-37-18-10-11-22-41(37)50-44(38)39;/h4-23,25-27,29H,1-3H3;/q-2;+2. The predicted molar refractivity (Wildman–Crippen MR) is 211 cm³/mol. The first-order valence-corrected chi connectivity index (χ1v) is 17.4. The molecule has 0 radical (unpaired) electrons. The maximum Gasteiger partial charge on any atom is 2.00 e. The molecule has 3 aromatic heterocycles. The van der Waals surface area contributed by atoms with E-state index in [1.54, 1.807) is 6.20 Å². The molecular weight excluding hydrogens is 830 g/mol. The monoisotopic (exact) mass is 862 g/mol. The number of nitrogens with zero attached hydrogens (tertiary/aromatic N) is 5. The molecule has 6 heteroatoms. The Morgan fingerprint density at radius 3 is 2.15 bits per heavy atom. The van der Waals surface area contributed by atoms with Crippen molar-refractivity contribution >= 4 is 32.8 Å². The largest absolute Gasteiger partial charge is 2.00 e. The quantitative estimate of drug-likeness (QED) is 0.162. The Bertz CT molecular complexity index is 2840. The average Bonchev–Trinajstić information content (AvgIpc) is 3.77. The molecule has 0 aliphatic heterocycles. The van der Waals surface area contributed by atoms with Crippen molar-refractivity contribution in [2.75, 3.05) is 0 Å². The van der Waals surface area contributed by atoms with E-state index in [-0.39, 0.29) is 26.5 Å². The molecule has 0 N–H and O–H groups in total. The van der Waals surface area contributed by atoms with Gasteiger partial charge < -0.3 is 4.98 Å². The van der Waals surface area contributed by atoms with Gasteiger partial charge in [0.2, 0.25) is 0 Å². The molecule has 0 saturated heterocycles. The van der Waals surface area contributed by atoms with Crippen LogP contribution in [0.25, 0.3) is 83.4 Å². The van der Waals surface area contributed by atoms with E-state index >= 15 is 0 Å². The van der Waals surface area contributed by atoms with Crippen LogP contribution in [0.15, 0.2) is 146 Å². The van der Waals surface area contributed by atoms with Gasteiger partial charge in [-0.3, -0.25) is 9.55 Å². The van der Waals surface area contributed by atoms with E-state index in [2.05, 4.69) is 128 Å². The number of pyridine rings is 1. The van der Waals surface area contributed by atoms with Gasteiger partial charge in [0, 0.05) is 23.1 Å². The van der Waals surface area contributed by atoms with Gasteiger partial charge in [-0.05, 0) is 45.5 Å². The molecule has 256 valence electrons. The van der Waals surface area contributed by atoms with Crippen LogP contribution in [-0.4, -0.2) is 14.5 Å². The average molecular weight is 863 g/mol. The SMILES string of the molecule is CC(C)(C)c1cc(-c2cc(-c3ccccc3)c(C#N)cn2)[c-]c(-c2cccc3c2nc(-c2cccc4c2[n-]c2ccccc24)n3-c2ccccc2)c1.[Pt+2]. The normalized spacial score (nSPS) is 11.5. The number of nitriles is 1. The number of aromatic nitrogens is 4. The fourth-order valence-corrected chi connectivity index (χ4v) is 7.15. The molecule has 0 bridgehead atoms. The fourth-order valence-electron chi connectivity index (χ4n) is 7.15. The van der Waals surface area contributed by atoms with E-state index in [0.717, 1.165) is 89.0 Å². The molecule has 0 spiro atoms. The third-order valence-corrected chi connectivity index (χ3v) is 9.81. The van der Waals surface area contributed by atoms with Gasteiger partial charge in [-0.25, -0.2) is 4.98 Å². The molecule has 5 nitrogen and oxygen atoms in total. The molecule has 6 aromatic carbocycles. The van der Waals surface area contributed by atoms with Crippen LogP contribution in [0.1, 0.15) is 31.9 Å². The zero-order valence-corrected chi connectivity index (χ0v) is 31.7. The first-order chi connectivity index (χ1) is 25.4. The zero-order valence-electron chi connectivity index (χ0n) is 29.4. The van der Waals surface area contributed by atoms with Crippen molar-refractivity contribution in [3.8, 4) is 56.7 Å². The molecular formula is C47H33N5Pt. The number of hydrogen-bond acceptors (Lipinski definition) is 3. The molecule has 0 atom stereocenters. The van der Waals surface area contributed by atoms with Gasteiger partial charge in [-0.1, -0.05) is 141 Å². The van der Waals surface area contributed by atoms with E-state index in [1.165, 1.54) is 0 Å². The smallest absolute Gasteiger partial charge is 0.656 e. The van der Waals surface area contributed by atoms with Crippen molar-refractivity contribution in [1.82, 2.24) is 19.5 Å². The Morgan fingerprint density at radius 2 is 1.38 bits per heavy atom. The summed E-state index contributed by atoms with van der Waals surface area (Å²) in [7, 11) is 0. The summed E-state index contributed by atoms with van der Waals surface area (Å²) in [5.41, 5.74) is 12.7. The number of para-hydroxylation sites is 4. The Balaban J connectivity index is 0.00000400. The van der Waals surface area contributed by atoms with Gasteiger partial charge in [0.05, 0.1) is 16.6 Å². The minimum atomic E-state index is -0.156. The van der Waals surface area contributed by atoms with Gasteiger partial charge in [-0.2, -0.15) is 5.26 Å². The third-order valence-electron chi connectivity index (χ3n) is 9.81. The number of imidazole rings is 1. The molecule has 0 saturated carbocycles. The first-order valence-electron chi connectivity index (χ1n) is 17.4. The van der Waals surface area contributed by atoms with Crippen molar-refractivity contribution in [1.29, 1.82) is 5.26 Å². The van der Waals surface area contributed by atoms with Crippen LogP contribution in [0.4, 0.5) is 0 Å². The van der Waals surface area contributed by atoms with Gasteiger partial charge in [-0.15, -0.1) is 40.4 Å². The second-order valence-corrected chi connectivity index (χ2v) is 14.1. The van der Waals surface area contributed by atoms with Crippen LogP contribution in [0.5, 0.6) is 0 Å². The van der Waals surface area contributed by atoms with Crippen molar-refractivity contribution in [3.63, 3.8) is 0 Å². The Labute approximate surface area is 322 Å². The molecule has 9 aromatic rings. The predicted octanol–water partition coefficient (Wildman–Crippen LogP) is 11.3. The number of rotatable bonds is 5. The zero-order chi connectivity index (χ0) is 35.4. The molecule has 0 aliphatic rings. The van der Waals surface area contributed by atoms with Crippen LogP contribution < -0.4 is 4.98 Å². The van der Waals surface area contributed by atoms with E-state index < -0.39 is 0 Å². The summed E-state index contributed by atoms with van der Waals surface area (Å²) in [6.45, 7) is 6.66. The molecule has 0 aliphatic carbocycles. The fraction of sp³-hybridized carbons (Fsp3) is 0.0851. The van der Waals surface area contributed by atoms with E-state index in [4.69, 9.17) is 15.0 Å². The van der Waals surface area contributed by atoms with Crippen molar-refractivity contribution in [3.05, 3.63) is 163 Å². The van der Waals surface area contributed by atoms with Crippen LogP contribution in [-0.2, 0) is 26.5 Å². The van der Waals surface area contributed by atoms with E-state index in [1.807, 2.05) is 48.5 Å². The number of hydrogen-bond donors (Lipinski definition) is 0. The summed E-state index contributed by atoms with van der Waals surface area (Å²) in [5.74, 6) is 0.829. The summed E-state index contributed by atoms with van der Waals surface area (Å²) in [5, 5.41) is 12.2. The first kappa shape index (κ1) is 34.0. The molecule has 0 unspecified atom stereocenters. The van der Waals surface area contributed by atoms with Crippen LogP contribution >= 0.6 is 0 Å². The minimum Gasteiger partial charge on any atom is -0.656 e. The minimum absolute atomic E-state index is 0. The molecule has 53 heavy (non-hydrogen) atoms. The topological polar surface area (TPSA) is 68.6 Å². The van der Waals surface area contributed by atoms with Crippen LogP contribution in [0.2, 0.25) is 0 Å². The van der Waals surface area contributed by atoms with Crippen LogP contribution in [0.3, 0.4) is 0 Å². The Morgan fingerprint density at radius 1 is 0.698 bits per heavy atom. The molecule has 0 amide bonds. The van der Waals surface area contributed by atoms with Gasteiger partial charge >= 0.3 is 21.1 Å². The maximum atomic E-state index is 9.96. The van der Waals surface area contributed by atoms with Gasteiger partial charge in [0.25, 0.3) is 0 Å². The van der Waals surface area contributed by atoms with Crippen molar-refractivity contribution < 1.29 is 21.1 Å². The summed E-state index contributed by atoms with van der Waals surface area (Å²) in [6.07, 6.45) is 1.67. The van der Waals surface area contributed by atoms with Crippen molar-refractivity contribution in [2.24, 2.45) is 0 Å². The Hall–Kier alpha value is -6.08. The van der Waals surface area contributed by atoms with E-state index in [9.17, 15) is 5.26 Å². The van der Waals surface area contributed by atoms with Gasteiger partial charge in [0.15, 0.2) is 0 Å². The summed E-state index contributed by atoms with van der Waals surface area (Å²) in [6, 6.07) is 53.9. The van der Waals surface area contributed by atoms with Gasteiger partial charge in [0.1, 0.15) is 11.9 Å². The summed E-state index contributed by atoms with van der Waals surface area (Å²) < 4.78 is 2.25. The summed E-state index contributed by atoms with van der Waals surface area (Å²) >= 11 is 0. The summed E-state index contributed by atoms with van der Waals surface area (Å²) in [4.78, 5) is 15.4. The maximum absolute atomic E-state index is 9.96. The number of fused-ring (bicyclic) bond motifs is 4. The Kier molecular flexibility index (Phi) is 8.65. The second kappa shape index (κ2) is 13.5. The molecule has 3 heterocycles. The number of benzene rings is 6. The van der Waals surface area contributed by atoms with Crippen LogP contribution in [0, 0.1) is 17.4 Å². The second-order valence-electron chi connectivity index (χ2n) is 14.1. The van der Waals surface area contributed by atoms with Crippen molar-refractivity contribution in [2.45, 2.75) is 26.2 Å².